The van der Waals surface area contributed by atoms with Crippen molar-refractivity contribution in [3.8, 4) is 0 Å². The molecule has 4 atom stereocenters. The van der Waals surface area contributed by atoms with Crippen LogP contribution in [-0.4, -0.2) is 91.9 Å². The summed E-state index contributed by atoms with van der Waals surface area (Å²) in [6.07, 6.45) is 3.58. The van der Waals surface area contributed by atoms with Crippen molar-refractivity contribution in [3.63, 3.8) is 0 Å². The minimum atomic E-state index is -1.49. The molecule has 1 heterocycles. The van der Waals surface area contributed by atoms with Crippen LogP contribution in [0.4, 0.5) is 0 Å². The Kier molecular flexibility index (Phi) is 13.7. The van der Waals surface area contributed by atoms with Gasteiger partial charge in [-0.05, 0) is 31.3 Å². The van der Waals surface area contributed by atoms with Crippen LogP contribution in [0.15, 0.2) is 12.5 Å². The van der Waals surface area contributed by atoms with Crippen LogP contribution in [-0.2, 0) is 35.2 Å². The molecule has 4 unspecified atom stereocenters. The molecule has 16 heteroatoms. The van der Waals surface area contributed by atoms with Gasteiger partial charge >= 0.3 is 11.9 Å². The number of H-pyrrole nitrogens is 1. The van der Waals surface area contributed by atoms with E-state index in [2.05, 4.69) is 25.9 Å². The van der Waals surface area contributed by atoms with E-state index in [1.165, 1.54) is 24.3 Å². The number of thioether (sulfide) groups is 1. The summed E-state index contributed by atoms with van der Waals surface area (Å²) in [4.78, 5) is 78.6. The molecular formula is C21H33N7O8S. The van der Waals surface area contributed by atoms with Crippen LogP contribution >= 0.6 is 11.8 Å². The van der Waals surface area contributed by atoms with Crippen LogP contribution in [0, 0.1) is 0 Å². The molecule has 0 aliphatic heterocycles. The highest BCUT2D eigenvalue weighted by Gasteiger charge is 2.30. The van der Waals surface area contributed by atoms with Crippen molar-refractivity contribution in [3.05, 3.63) is 18.2 Å². The molecule has 15 nitrogen and oxygen atoms in total. The number of hydrogen-bond acceptors (Lipinski definition) is 9. The second-order valence-electron chi connectivity index (χ2n) is 8.13. The lowest BCUT2D eigenvalue weighted by molar-refractivity contribution is -0.143. The highest BCUT2D eigenvalue weighted by Crippen LogP contribution is 2.07. The Hall–Kier alpha value is -3.66. The summed E-state index contributed by atoms with van der Waals surface area (Å²) in [7, 11) is 0. The van der Waals surface area contributed by atoms with Gasteiger partial charge in [-0.1, -0.05) is 0 Å². The van der Waals surface area contributed by atoms with Gasteiger partial charge in [-0.25, -0.2) is 9.78 Å². The van der Waals surface area contributed by atoms with Crippen LogP contribution < -0.4 is 27.4 Å². The minimum absolute atomic E-state index is 0.133. The maximum Gasteiger partial charge on any atom is 0.326 e. The average molecular weight is 544 g/mol. The van der Waals surface area contributed by atoms with Crippen molar-refractivity contribution in [1.29, 1.82) is 0 Å². The van der Waals surface area contributed by atoms with Gasteiger partial charge in [-0.15, -0.1) is 0 Å². The second-order valence-corrected chi connectivity index (χ2v) is 9.11. The quantitative estimate of drug-likeness (QED) is 0.0976. The fourth-order valence-corrected chi connectivity index (χ4v) is 3.61. The van der Waals surface area contributed by atoms with E-state index in [4.69, 9.17) is 16.6 Å². The zero-order valence-corrected chi connectivity index (χ0v) is 21.1. The predicted octanol–water partition coefficient (Wildman–Crippen LogP) is -2.30. The lowest BCUT2D eigenvalue weighted by atomic mass is 10.1. The Bertz CT molecular complexity index is 943. The molecule has 0 aromatic carbocycles. The molecule has 1 aromatic heterocycles. The summed E-state index contributed by atoms with van der Waals surface area (Å²) >= 11 is 1.41. The van der Waals surface area contributed by atoms with E-state index in [0.717, 1.165) is 0 Å². The van der Waals surface area contributed by atoms with E-state index in [1.54, 1.807) is 6.26 Å². The maximum absolute atomic E-state index is 13.0. The van der Waals surface area contributed by atoms with Crippen molar-refractivity contribution >= 4 is 47.3 Å². The van der Waals surface area contributed by atoms with Crippen LogP contribution in [0.2, 0.25) is 0 Å². The Balaban J connectivity index is 2.95. The first kappa shape index (κ1) is 31.4. The summed E-state index contributed by atoms with van der Waals surface area (Å²) in [6, 6.07) is -5.01. The van der Waals surface area contributed by atoms with Crippen LogP contribution in [0.25, 0.3) is 0 Å². The van der Waals surface area contributed by atoms with Crippen LogP contribution in [0.1, 0.15) is 37.8 Å². The van der Waals surface area contributed by atoms with Gasteiger partial charge in [-0.2, -0.15) is 11.8 Å². The van der Waals surface area contributed by atoms with Gasteiger partial charge in [0.05, 0.1) is 12.4 Å². The van der Waals surface area contributed by atoms with E-state index >= 15 is 0 Å². The number of amides is 4. The number of primary amides is 1. The zero-order chi connectivity index (χ0) is 28.0. The number of aromatic nitrogens is 2. The summed E-state index contributed by atoms with van der Waals surface area (Å²) < 4.78 is 0. The Labute approximate surface area is 216 Å². The smallest absolute Gasteiger partial charge is 0.326 e. The molecule has 0 aliphatic rings. The van der Waals surface area contributed by atoms with Crippen molar-refractivity contribution < 1.29 is 39.0 Å². The van der Waals surface area contributed by atoms with E-state index in [0.29, 0.717) is 11.4 Å². The monoisotopic (exact) mass is 543 g/mol. The maximum atomic E-state index is 13.0. The summed E-state index contributed by atoms with van der Waals surface area (Å²) in [5, 5.41) is 25.5. The van der Waals surface area contributed by atoms with Crippen molar-refractivity contribution in [1.82, 2.24) is 25.9 Å². The van der Waals surface area contributed by atoms with Gasteiger partial charge in [-0.3, -0.25) is 24.0 Å². The van der Waals surface area contributed by atoms with Crippen molar-refractivity contribution in [2.45, 2.75) is 62.7 Å². The number of carboxylic acid groups (broad SMARTS) is 2. The minimum Gasteiger partial charge on any atom is -0.481 e. The van der Waals surface area contributed by atoms with Gasteiger partial charge in [0.25, 0.3) is 0 Å². The third-order valence-electron chi connectivity index (χ3n) is 5.15. The number of aromatic amines is 1. The van der Waals surface area contributed by atoms with Crippen molar-refractivity contribution in [2.24, 2.45) is 11.5 Å². The number of carbonyl (C=O) groups is 6. The van der Waals surface area contributed by atoms with Gasteiger partial charge in [0, 0.05) is 31.2 Å². The van der Waals surface area contributed by atoms with Crippen LogP contribution in [0.3, 0.4) is 0 Å². The van der Waals surface area contributed by atoms with Gasteiger partial charge in [0.2, 0.25) is 23.6 Å². The van der Waals surface area contributed by atoms with Crippen LogP contribution in [0.5, 0.6) is 0 Å². The molecular weight excluding hydrogens is 510 g/mol. The molecule has 0 fully saturated rings. The number of nitrogens with zero attached hydrogens (tertiary/aromatic N) is 1. The molecule has 0 aliphatic carbocycles. The molecule has 1 aromatic rings. The number of hydrogen-bond donors (Lipinski definition) is 8. The summed E-state index contributed by atoms with van der Waals surface area (Å²) in [6.45, 7) is 0. The number of imidazole rings is 1. The molecule has 37 heavy (non-hydrogen) atoms. The molecule has 206 valence electrons. The van der Waals surface area contributed by atoms with Crippen molar-refractivity contribution in [2.75, 3.05) is 12.0 Å². The molecule has 0 radical (unpaired) electrons. The van der Waals surface area contributed by atoms with E-state index in [9.17, 15) is 33.9 Å². The molecule has 0 saturated heterocycles. The summed E-state index contributed by atoms with van der Waals surface area (Å²) in [5.41, 5.74) is 11.6. The van der Waals surface area contributed by atoms with E-state index in [-0.39, 0.29) is 32.1 Å². The Morgan fingerprint density at radius 3 is 2.03 bits per heavy atom. The lowest BCUT2D eigenvalue weighted by Crippen LogP contribution is -2.57. The fraction of sp³-hybridized carbons (Fsp3) is 0.571. The Morgan fingerprint density at radius 1 is 0.946 bits per heavy atom. The second kappa shape index (κ2) is 16.2. The fourth-order valence-electron chi connectivity index (χ4n) is 3.13. The first-order valence-electron chi connectivity index (χ1n) is 11.3. The topological polar surface area (TPSA) is 260 Å². The average Bonchev–Trinajstić information content (AvgIpc) is 3.33. The highest BCUT2D eigenvalue weighted by atomic mass is 32.2. The number of nitrogens with one attached hydrogen (secondary N) is 4. The predicted molar refractivity (Wildman–Crippen MR) is 132 cm³/mol. The summed E-state index contributed by atoms with van der Waals surface area (Å²) in [5.74, 6) is -5.34. The SMILES string of the molecule is CSCCC(NC(=O)C(N)Cc1cnc[nH]1)C(=O)NC(CCC(=O)O)C(=O)NC(CCC(N)=O)C(=O)O. The Morgan fingerprint density at radius 2 is 1.51 bits per heavy atom. The molecule has 1 rings (SSSR count). The highest BCUT2D eigenvalue weighted by molar-refractivity contribution is 7.98. The number of carboxylic acids is 2. The van der Waals surface area contributed by atoms with Gasteiger partial charge < -0.3 is 42.6 Å². The normalized spacial score (nSPS) is 14.0. The van der Waals surface area contributed by atoms with Gasteiger partial charge in [0.1, 0.15) is 18.1 Å². The molecule has 4 amide bonds. The zero-order valence-electron chi connectivity index (χ0n) is 20.3. The number of aliphatic carboxylic acids is 2. The third-order valence-corrected chi connectivity index (χ3v) is 5.79. The molecule has 0 bridgehead atoms. The third kappa shape index (κ3) is 12.2. The molecule has 0 saturated carbocycles. The molecule has 0 spiro atoms. The number of rotatable bonds is 18. The first-order valence-corrected chi connectivity index (χ1v) is 12.7. The van der Waals surface area contributed by atoms with E-state index in [1.807, 2.05) is 0 Å². The standard InChI is InChI=1S/C21H33N7O8S/c1-37-7-6-14(26-18(32)12(22)8-11-9-24-10-25-11)20(34)27-13(3-5-17(30)31)19(33)28-15(21(35)36)2-4-16(23)29/h9-10,12-15H,2-8,22H2,1H3,(H2,23,29)(H,24,25)(H,26,32)(H,27,34)(H,28,33)(H,30,31)(H,35,36). The number of nitrogens with two attached hydrogens (primary N) is 2. The first-order chi connectivity index (χ1) is 17.4. The van der Waals surface area contributed by atoms with E-state index < -0.39 is 66.2 Å². The lowest BCUT2D eigenvalue weighted by Gasteiger charge is -2.25. The molecule has 10 N–H and O–H groups in total. The van der Waals surface area contributed by atoms with Gasteiger partial charge in [0.15, 0.2) is 0 Å². The largest absolute Gasteiger partial charge is 0.481 e. The number of carbonyl (C=O) groups excluding carboxylic acids is 4.